The molecule has 0 aromatic heterocycles. The second-order valence-corrected chi connectivity index (χ2v) is 12.3. The monoisotopic (exact) mass is 589 g/mol. The van der Waals surface area contributed by atoms with E-state index in [0.29, 0.717) is 23.7 Å². The number of halogens is 1. The van der Waals surface area contributed by atoms with Gasteiger partial charge in [-0.05, 0) is 49.2 Å². The first-order chi connectivity index (χ1) is 20.2. The van der Waals surface area contributed by atoms with Gasteiger partial charge in [0.15, 0.2) is 0 Å². The van der Waals surface area contributed by atoms with Crippen LogP contribution in [-0.4, -0.2) is 70.7 Å². The minimum atomic E-state index is -1.41. The summed E-state index contributed by atoms with van der Waals surface area (Å²) in [5.41, 5.74) is -1.17. The van der Waals surface area contributed by atoms with Crippen LogP contribution in [-0.2, 0) is 19.1 Å². The van der Waals surface area contributed by atoms with Crippen molar-refractivity contribution < 1.29 is 24.2 Å². The third-order valence-corrected chi connectivity index (χ3v) is 9.80. The Kier molecular flexibility index (Phi) is 7.28. The molecule has 2 aromatic carbocycles. The highest BCUT2D eigenvalue weighted by Crippen LogP contribution is 2.58. The molecule has 0 radical (unpaired) electrons. The lowest BCUT2D eigenvalue weighted by atomic mass is 9.74. The van der Waals surface area contributed by atoms with E-state index in [0.717, 1.165) is 5.69 Å². The molecular weight excluding hydrogens is 554 g/mol. The predicted octanol–water partition coefficient (Wildman–Crippen LogP) is 4.22. The van der Waals surface area contributed by atoms with Crippen molar-refractivity contribution in [3.05, 3.63) is 83.9 Å². The SMILES string of the molecule is CC[C@H](C)[C@H](CO)N1C(=O)[C@@H]2[C@H]3C(=O)N(c4ccccc4)CC=C[C@@]3(C)O[C@@]23C=CCN(c2ccc(Cl)cc2)C(=O)C13. The van der Waals surface area contributed by atoms with Gasteiger partial charge in [-0.2, -0.15) is 0 Å². The van der Waals surface area contributed by atoms with Gasteiger partial charge in [-0.25, -0.2) is 0 Å². The van der Waals surface area contributed by atoms with E-state index in [9.17, 15) is 19.5 Å². The zero-order chi connectivity index (χ0) is 29.8. The van der Waals surface area contributed by atoms with Gasteiger partial charge in [0.05, 0.1) is 30.1 Å². The van der Waals surface area contributed by atoms with Crippen molar-refractivity contribution in [1.29, 1.82) is 0 Å². The second-order valence-electron chi connectivity index (χ2n) is 11.9. The molecule has 1 N–H and O–H groups in total. The van der Waals surface area contributed by atoms with Crippen molar-refractivity contribution >= 4 is 40.7 Å². The van der Waals surface area contributed by atoms with Crippen LogP contribution >= 0.6 is 11.6 Å². The number of carbonyl (C=O) groups excluding carboxylic acids is 3. The summed E-state index contributed by atoms with van der Waals surface area (Å²) in [6.07, 6.45) is 8.14. The molecule has 2 aromatic rings. The molecule has 0 aliphatic carbocycles. The van der Waals surface area contributed by atoms with Crippen molar-refractivity contribution in [2.75, 3.05) is 29.5 Å². The van der Waals surface area contributed by atoms with Gasteiger partial charge in [-0.3, -0.25) is 14.4 Å². The summed E-state index contributed by atoms with van der Waals surface area (Å²) in [5.74, 6) is -2.84. The van der Waals surface area contributed by atoms with Crippen LogP contribution in [0.2, 0.25) is 5.02 Å². The molecule has 1 spiro atoms. The zero-order valence-corrected chi connectivity index (χ0v) is 24.8. The molecule has 7 atom stereocenters. The molecule has 4 heterocycles. The summed E-state index contributed by atoms with van der Waals surface area (Å²) < 4.78 is 6.93. The number of para-hydroxylation sites is 1. The first kappa shape index (κ1) is 28.6. The second kappa shape index (κ2) is 10.7. The Morgan fingerprint density at radius 3 is 2.17 bits per heavy atom. The lowest BCUT2D eigenvalue weighted by Gasteiger charge is -2.41. The first-order valence-electron chi connectivity index (χ1n) is 14.6. The van der Waals surface area contributed by atoms with Crippen LogP contribution in [0.25, 0.3) is 0 Å². The van der Waals surface area contributed by atoms with E-state index in [1.807, 2.05) is 75.4 Å². The summed E-state index contributed by atoms with van der Waals surface area (Å²) in [5, 5.41) is 11.2. The number of aliphatic hydroxyl groups excluding tert-OH is 1. The maximum absolute atomic E-state index is 14.7. The van der Waals surface area contributed by atoms with Crippen molar-refractivity contribution in [2.45, 2.75) is 50.5 Å². The maximum Gasteiger partial charge on any atom is 0.253 e. The molecule has 4 aliphatic rings. The smallest absolute Gasteiger partial charge is 0.253 e. The van der Waals surface area contributed by atoms with E-state index in [2.05, 4.69) is 0 Å². The van der Waals surface area contributed by atoms with Crippen LogP contribution in [0.3, 0.4) is 0 Å². The largest absolute Gasteiger partial charge is 0.394 e. The van der Waals surface area contributed by atoms with E-state index in [-0.39, 0.29) is 36.8 Å². The third kappa shape index (κ3) is 4.22. The minimum absolute atomic E-state index is 0.101. The van der Waals surface area contributed by atoms with Crippen LogP contribution in [0.4, 0.5) is 11.4 Å². The summed E-state index contributed by atoms with van der Waals surface area (Å²) >= 11 is 6.14. The molecule has 4 aliphatic heterocycles. The predicted molar refractivity (Wildman–Crippen MR) is 161 cm³/mol. The Bertz CT molecular complexity index is 1450. The molecule has 220 valence electrons. The normalized spacial score (nSPS) is 31.9. The highest BCUT2D eigenvalue weighted by Gasteiger charge is 2.75. The van der Waals surface area contributed by atoms with E-state index in [1.54, 1.807) is 34.1 Å². The Morgan fingerprint density at radius 1 is 0.905 bits per heavy atom. The fourth-order valence-corrected chi connectivity index (χ4v) is 7.45. The summed E-state index contributed by atoms with van der Waals surface area (Å²) in [7, 11) is 0. The van der Waals surface area contributed by atoms with Gasteiger partial charge >= 0.3 is 0 Å². The number of benzene rings is 2. The number of hydrogen-bond acceptors (Lipinski definition) is 5. The van der Waals surface area contributed by atoms with Crippen LogP contribution in [0.15, 0.2) is 78.9 Å². The van der Waals surface area contributed by atoms with Crippen molar-refractivity contribution in [2.24, 2.45) is 17.8 Å². The number of rotatable bonds is 6. The topological polar surface area (TPSA) is 90.4 Å². The maximum atomic E-state index is 14.7. The van der Waals surface area contributed by atoms with Gasteiger partial charge in [0.2, 0.25) is 11.8 Å². The van der Waals surface area contributed by atoms with Gasteiger partial charge in [-0.1, -0.05) is 74.4 Å². The molecule has 1 unspecified atom stereocenters. The molecule has 8 nitrogen and oxygen atoms in total. The molecule has 0 bridgehead atoms. The number of ether oxygens (including phenoxy) is 1. The summed E-state index contributed by atoms with van der Waals surface area (Å²) in [4.78, 5) is 48.7. The van der Waals surface area contributed by atoms with Gasteiger partial charge in [0.25, 0.3) is 5.91 Å². The Hall–Kier alpha value is -3.46. The molecule has 42 heavy (non-hydrogen) atoms. The number of nitrogens with zero attached hydrogens (tertiary/aromatic N) is 3. The molecule has 2 saturated heterocycles. The average molecular weight is 590 g/mol. The van der Waals surface area contributed by atoms with Crippen LogP contribution in [0.1, 0.15) is 27.2 Å². The van der Waals surface area contributed by atoms with E-state index in [1.165, 1.54) is 4.90 Å². The van der Waals surface area contributed by atoms with Crippen LogP contribution in [0.5, 0.6) is 0 Å². The minimum Gasteiger partial charge on any atom is -0.394 e. The highest BCUT2D eigenvalue weighted by atomic mass is 35.5. The van der Waals surface area contributed by atoms with Crippen molar-refractivity contribution in [1.82, 2.24) is 4.90 Å². The molecule has 2 fully saturated rings. The van der Waals surface area contributed by atoms with Crippen LogP contribution < -0.4 is 9.80 Å². The molecule has 9 heteroatoms. The van der Waals surface area contributed by atoms with E-state index < -0.39 is 35.1 Å². The number of fused-ring (bicyclic) bond motifs is 2. The Balaban J connectivity index is 1.51. The fraction of sp³-hybridized carbons (Fsp3) is 0.424. The number of carbonyl (C=O) groups is 3. The number of likely N-dealkylation sites (tertiary alicyclic amines) is 1. The van der Waals surface area contributed by atoms with Gasteiger partial charge in [0.1, 0.15) is 11.6 Å². The zero-order valence-electron chi connectivity index (χ0n) is 24.0. The van der Waals surface area contributed by atoms with Gasteiger partial charge < -0.3 is 24.5 Å². The number of aliphatic hydroxyl groups is 1. The number of anilines is 2. The quantitative estimate of drug-likeness (QED) is 0.510. The lowest BCUT2D eigenvalue weighted by molar-refractivity contribution is -0.149. The van der Waals surface area contributed by atoms with Crippen LogP contribution in [0, 0.1) is 17.8 Å². The molecule has 0 saturated carbocycles. The van der Waals surface area contributed by atoms with Crippen molar-refractivity contribution in [3.63, 3.8) is 0 Å². The summed E-state index contributed by atoms with van der Waals surface area (Å²) in [6, 6.07) is 14.6. The third-order valence-electron chi connectivity index (χ3n) is 9.55. The fourth-order valence-electron chi connectivity index (χ4n) is 7.33. The molecule has 6 rings (SSSR count). The summed E-state index contributed by atoms with van der Waals surface area (Å²) in [6.45, 7) is 6.06. The average Bonchev–Trinajstić information content (AvgIpc) is 3.25. The Morgan fingerprint density at radius 2 is 1.52 bits per heavy atom. The standard InChI is InChI=1S/C33H36ClN3O5/c1-4-21(2)25(20-38)37-28-31(41)36(24-14-12-22(34)13-15-24)19-9-17-33(28)27(30(37)40)26-29(39)35(23-10-6-5-7-11-23)18-8-16-32(26,3)42-33/h5-17,21,25-28,38H,4,18-20H2,1-3H3/t21-,25-,26-,27-,28?,32+,33-/m0/s1. The first-order valence-corrected chi connectivity index (χ1v) is 15.0. The molecule has 3 amide bonds. The number of hydrogen-bond donors (Lipinski definition) is 1. The van der Waals surface area contributed by atoms with Gasteiger partial charge in [-0.15, -0.1) is 0 Å². The lowest BCUT2D eigenvalue weighted by Crippen LogP contribution is -2.60. The highest BCUT2D eigenvalue weighted by molar-refractivity contribution is 6.30. The number of amides is 3. The Labute approximate surface area is 251 Å². The van der Waals surface area contributed by atoms with Crippen molar-refractivity contribution in [3.8, 4) is 0 Å². The van der Waals surface area contributed by atoms with Gasteiger partial charge in [0, 0.05) is 29.5 Å². The molecular formula is C33H36ClN3O5. The van der Waals surface area contributed by atoms with E-state index in [4.69, 9.17) is 16.3 Å². The van der Waals surface area contributed by atoms with E-state index >= 15 is 0 Å².